The fourth-order valence-electron chi connectivity index (χ4n) is 1.50. The van der Waals surface area contributed by atoms with Crippen LogP contribution >= 0.6 is 11.6 Å². The van der Waals surface area contributed by atoms with Crippen molar-refractivity contribution in [1.82, 2.24) is 10.3 Å². The van der Waals surface area contributed by atoms with Gasteiger partial charge >= 0.3 is 0 Å². The molecule has 1 aromatic heterocycles. The van der Waals surface area contributed by atoms with Crippen LogP contribution < -0.4 is 5.32 Å². The molecule has 0 bridgehead atoms. The summed E-state index contributed by atoms with van der Waals surface area (Å²) < 4.78 is 0. The Hall–Kier alpha value is -1.09. The molecular formula is C12H17ClN2O. The van der Waals surface area contributed by atoms with Crippen molar-refractivity contribution in [3.63, 3.8) is 0 Å². The van der Waals surface area contributed by atoms with Crippen molar-refractivity contribution >= 4 is 17.5 Å². The van der Waals surface area contributed by atoms with Crippen LogP contribution in [0.1, 0.15) is 35.8 Å². The first kappa shape index (κ1) is 13.0. The van der Waals surface area contributed by atoms with Gasteiger partial charge in [0.25, 0.3) is 5.91 Å². The smallest absolute Gasteiger partial charge is 0.253 e. The number of rotatable bonds is 5. The number of hydrogen-bond donors (Lipinski definition) is 1. The first-order chi connectivity index (χ1) is 7.69. The molecule has 3 nitrogen and oxygen atoms in total. The molecule has 1 rings (SSSR count). The fourth-order valence-corrected chi connectivity index (χ4v) is 1.76. The van der Waals surface area contributed by atoms with Crippen LogP contribution in [0.3, 0.4) is 0 Å². The molecule has 1 heterocycles. The van der Waals surface area contributed by atoms with E-state index in [0.717, 1.165) is 18.5 Å². The zero-order valence-electron chi connectivity index (χ0n) is 9.66. The molecule has 0 aliphatic carbocycles. The lowest BCUT2D eigenvalue weighted by Crippen LogP contribution is -2.35. The van der Waals surface area contributed by atoms with E-state index >= 15 is 0 Å². The monoisotopic (exact) mass is 240 g/mol. The van der Waals surface area contributed by atoms with Crippen molar-refractivity contribution in [3.05, 3.63) is 29.6 Å². The van der Waals surface area contributed by atoms with Gasteiger partial charge in [-0.2, -0.15) is 0 Å². The van der Waals surface area contributed by atoms with E-state index in [2.05, 4.69) is 10.3 Å². The maximum atomic E-state index is 11.9. The molecule has 0 saturated carbocycles. The maximum absolute atomic E-state index is 11.9. The van der Waals surface area contributed by atoms with Gasteiger partial charge in [0.05, 0.1) is 5.56 Å². The molecule has 1 unspecified atom stereocenters. The van der Waals surface area contributed by atoms with Gasteiger partial charge in [-0.05, 0) is 31.9 Å². The minimum absolute atomic E-state index is 0.0671. The average Bonchev–Trinajstić information content (AvgIpc) is 2.28. The van der Waals surface area contributed by atoms with Crippen molar-refractivity contribution in [2.75, 3.05) is 5.88 Å². The fraction of sp³-hybridized carbons (Fsp3) is 0.500. The van der Waals surface area contributed by atoms with Crippen LogP contribution in [0.4, 0.5) is 0 Å². The largest absolute Gasteiger partial charge is 0.349 e. The second kappa shape index (κ2) is 6.48. The van der Waals surface area contributed by atoms with Gasteiger partial charge < -0.3 is 5.32 Å². The minimum Gasteiger partial charge on any atom is -0.349 e. The summed E-state index contributed by atoms with van der Waals surface area (Å²) in [7, 11) is 0. The molecule has 1 aromatic rings. The normalized spacial score (nSPS) is 12.2. The van der Waals surface area contributed by atoms with Crippen LogP contribution in [0, 0.1) is 6.92 Å². The summed E-state index contributed by atoms with van der Waals surface area (Å²) in [6.45, 7) is 3.87. The first-order valence-electron chi connectivity index (χ1n) is 5.47. The van der Waals surface area contributed by atoms with Crippen molar-refractivity contribution in [3.8, 4) is 0 Å². The predicted octanol–water partition coefficient (Wildman–Crippen LogP) is 2.53. The van der Waals surface area contributed by atoms with Gasteiger partial charge in [-0.1, -0.05) is 6.92 Å². The van der Waals surface area contributed by atoms with Gasteiger partial charge in [0, 0.05) is 23.8 Å². The number of pyridine rings is 1. The zero-order valence-corrected chi connectivity index (χ0v) is 10.4. The highest BCUT2D eigenvalue weighted by atomic mass is 35.5. The SMILES string of the molecule is CCC(CCCl)NC(=O)c1cccnc1C. The van der Waals surface area contributed by atoms with Crippen LogP contribution in [0.15, 0.2) is 18.3 Å². The second-order valence-electron chi connectivity index (χ2n) is 3.69. The topological polar surface area (TPSA) is 42.0 Å². The number of nitrogens with zero attached hydrogens (tertiary/aromatic N) is 1. The lowest BCUT2D eigenvalue weighted by atomic mass is 10.1. The van der Waals surface area contributed by atoms with E-state index in [1.807, 2.05) is 13.8 Å². The molecule has 16 heavy (non-hydrogen) atoms. The molecule has 0 radical (unpaired) electrons. The van der Waals surface area contributed by atoms with Gasteiger partial charge in [0.1, 0.15) is 0 Å². The van der Waals surface area contributed by atoms with Crippen LogP contribution in [0.5, 0.6) is 0 Å². The number of nitrogens with one attached hydrogen (secondary N) is 1. The van der Waals surface area contributed by atoms with E-state index in [1.165, 1.54) is 0 Å². The summed E-state index contributed by atoms with van der Waals surface area (Å²) in [6.07, 6.45) is 3.36. The van der Waals surface area contributed by atoms with Gasteiger partial charge in [-0.3, -0.25) is 9.78 Å². The molecular weight excluding hydrogens is 224 g/mol. The number of amides is 1. The highest BCUT2D eigenvalue weighted by Gasteiger charge is 2.13. The van der Waals surface area contributed by atoms with Crippen LogP contribution in [-0.2, 0) is 0 Å². The van der Waals surface area contributed by atoms with Gasteiger partial charge in [-0.25, -0.2) is 0 Å². The Morgan fingerprint density at radius 3 is 2.94 bits per heavy atom. The molecule has 0 aromatic carbocycles. The Morgan fingerprint density at radius 2 is 2.38 bits per heavy atom. The number of aryl methyl sites for hydroxylation is 1. The molecule has 0 aliphatic rings. The standard InChI is InChI=1S/C12H17ClN2O/c1-3-10(6-7-13)15-12(16)11-5-4-8-14-9(11)2/h4-5,8,10H,3,6-7H2,1-2H3,(H,15,16). The summed E-state index contributed by atoms with van der Waals surface area (Å²) in [6, 6.07) is 3.69. The predicted molar refractivity (Wildman–Crippen MR) is 65.9 cm³/mol. The summed E-state index contributed by atoms with van der Waals surface area (Å²) in [4.78, 5) is 16.0. The van der Waals surface area contributed by atoms with Gasteiger partial charge in [0.15, 0.2) is 0 Å². The Labute approximate surface area is 101 Å². The van der Waals surface area contributed by atoms with E-state index in [0.29, 0.717) is 11.4 Å². The lowest BCUT2D eigenvalue weighted by Gasteiger charge is -2.16. The van der Waals surface area contributed by atoms with Crippen molar-refractivity contribution < 1.29 is 4.79 Å². The molecule has 1 atom stereocenters. The summed E-state index contributed by atoms with van der Waals surface area (Å²) >= 11 is 5.67. The number of carbonyl (C=O) groups is 1. The number of carbonyl (C=O) groups excluding carboxylic acids is 1. The number of aromatic nitrogens is 1. The Kier molecular flexibility index (Phi) is 5.26. The third kappa shape index (κ3) is 3.49. The van der Waals surface area contributed by atoms with E-state index in [9.17, 15) is 4.79 Å². The van der Waals surface area contributed by atoms with Crippen LogP contribution in [0.2, 0.25) is 0 Å². The molecule has 1 N–H and O–H groups in total. The number of hydrogen-bond acceptors (Lipinski definition) is 2. The van der Waals surface area contributed by atoms with Crippen molar-refractivity contribution in [2.24, 2.45) is 0 Å². The van der Waals surface area contributed by atoms with Gasteiger partial charge in [0.2, 0.25) is 0 Å². The molecule has 0 fully saturated rings. The Balaban J connectivity index is 2.68. The molecule has 0 spiro atoms. The lowest BCUT2D eigenvalue weighted by molar-refractivity contribution is 0.0934. The number of alkyl halides is 1. The van der Waals surface area contributed by atoms with Gasteiger partial charge in [-0.15, -0.1) is 11.6 Å². The minimum atomic E-state index is -0.0671. The molecule has 88 valence electrons. The molecule has 0 saturated heterocycles. The zero-order chi connectivity index (χ0) is 12.0. The van der Waals surface area contributed by atoms with Crippen LogP contribution in [0.25, 0.3) is 0 Å². The van der Waals surface area contributed by atoms with Crippen molar-refractivity contribution in [1.29, 1.82) is 0 Å². The molecule has 1 amide bonds. The summed E-state index contributed by atoms with van der Waals surface area (Å²) in [5, 5.41) is 2.96. The third-order valence-electron chi connectivity index (χ3n) is 2.54. The summed E-state index contributed by atoms with van der Waals surface area (Å²) in [5.41, 5.74) is 1.39. The molecule has 0 aliphatic heterocycles. The van der Waals surface area contributed by atoms with Crippen molar-refractivity contribution in [2.45, 2.75) is 32.7 Å². The highest BCUT2D eigenvalue weighted by molar-refractivity contribution is 6.17. The molecule has 4 heteroatoms. The number of halogens is 1. The second-order valence-corrected chi connectivity index (χ2v) is 4.07. The first-order valence-corrected chi connectivity index (χ1v) is 6.01. The average molecular weight is 241 g/mol. The quantitative estimate of drug-likeness (QED) is 0.804. The van der Waals surface area contributed by atoms with E-state index in [4.69, 9.17) is 11.6 Å². The highest BCUT2D eigenvalue weighted by Crippen LogP contribution is 2.06. The Bertz CT molecular complexity index is 355. The van der Waals surface area contributed by atoms with E-state index < -0.39 is 0 Å². The van der Waals surface area contributed by atoms with Crippen LogP contribution in [-0.4, -0.2) is 22.8 Å². The summed E-state index contributed by atoms with van der Waals surface area (Å²) in [5.74, 6) is 0.493. The maximum Gasteiger partial charge on any atom is 0.253 e. The third-order valence-corrected chi connectivity index (χ3v) is 2.76. The Morgan fingerprint density at radius 1 is 1.62 bits per heavy atom. The van der Waals surface area contributed by atoms with E-state index in [-0.39, 0.29) is 11.9 Å². The van der Waals surface area contributed by atoms with E-state index in [1.54, 1.807) is 18.3 Å².